The molecule has 0 aliphatic carbocycles. The monoisotopic (exact) mass is 253 g/mol. The molecule has 1 aromatic heterocycles. The van der Waals surface area contributed by atoms with E-state index < -0.39 is 5.97 Å². The minimum Gasteiger partial charge on any atom is -0.463 e. The number of carbonyl (C=O) groups excluding carboxylic acids is 1. The average Bonchev–Trinajstić information content (AvgIpc) is 3.05. The maximum atomic E-state index is 11.2. The first-order valence-electron chi connectivity index (χ1n) is 6.22. The van der Waals surface area contributed by atoms with E-state index in [1.54, 1.807) is 12.1 Å². The zero-order valence-corrected chi connectivity index (χ0v) is 10.8. The lowest BCUT2D eigenvalue weighted by atomic mass is 10.1. The molecular weight excluding hydrogens is 234 g/mol. The fourth-order valence-electron chi connectivity index (χ4n) is 2.07. The molecule has 2 heterocycles. The number of methoxy groups -OCH3 is 1. The van der Waals surface area contributed by atoms with E-state index >= 15 is 0 Å². The van der Waals surface area contributed by atoms with Crippen molar-refractivity contribution >= 4 is 5.97 Å². The molecule has 2 rings (SSSR count). The molecule has 0 amide bonds. The highest BCUT2D eigenvalue weighted by Crippen LogP contribution is 2.16. The van der Waals surface area contributed by atoms with Crippen LogP contribution in [-0.4, -0.2) is 31.8 Å². The number of nitrogens with one attached hydrogen (secondary N) is 1. The Labute approximate surface area is 106 Å². The Morgan fingerprint density at radius 1 is 1.61 bits per heavy atom. The third-order valence-electron chi connectivity index (χ3n) is 3.17. The molecule has 1 fully saturated rings. The standard InChI is InChI=1S/C13H19NO4/c1-9(11-4-3-7-17-11)14-8-10-5-6-12(18-10)13(15)16-2/h5-6,9,11,14H,3-4,7-8H2,1-2H3. The maximum absolute atomic E-state index is 11.2. The molecule has 0 spiro atoms. The van der Waals surface area contributed by atoms with Crippen molar-refractivity contribution in [2.75, 3.05) is 13.7 Å². The van der Waals surface area contributed by atoms with E-state index in [4.69, 9.17) is 9.15 Å². The Bertz CT molecular complexity index is 395. The highest BCUT2D eigenvalue weighted by molar-refractivity contribution is 5.86. The third-order valence-corrected chi connectivity index (χ3v) is 3.17. The van der Waals surface area contributed by atoms with Gasteiger partial charge in [-0.05, 0) is 31.9 Å². The van der Waals surface area contributed by atoms with Crippen molar-refractivity contribution in [1.82, 2.24) is 5.32 Å². The summed E-state index contributed by atoms with van der Waals surface area (Å²) >= 11 is 0. The van der Waals surface area contributed by atoms with Crippen molar-refractivity contribution < 1.29 is 18.7 Å². The number of ether oxygens (including phenoxy) is 2. The Morgan fingerprint density at radius 2 is 2.44 bits per heavy atom. The normalized spacial score (nSPS) is 20.9. The molecule has 2 unspecified atom stereocenters. The molecule has 1 aliphatic heterocycles. The Morgan fingerprint density at radius 3 is 3.11 bits per heavy atom. The van der Waals surface area contributed by atoms with Crippen LogP contribution in [0.2, 0.25) is 0 Å². The summed E-state index contributed by atoms with van der Waals surface area (Å²) in [6, 6.07) is 3.68. The maximum Gasteiger partial charge on any atom is 0.373 e. The third kappa shape index (κ3) is 3.11. The fourth-order valence-corrected chi connectivity index (χ4v) is 2.07. The molecular formula is C13H19NO4. The van der Waals surface area contributed by atoms with Gasteiger partial charge in [-0.3, -0.25) is 0 Å². The van der Waals surface area contributed by atoms with Crippen LogP contribution in [0.1, 0.15) is 36.1 Å². The molecule has 0 saturated carbocycles. The van der Waals surface area contributed by atoms with Gasteiger partial charge in [0.15, 0.2) is 0 Å². The van der Waals surface area contributed by atoms with Crippen LogP contribution in [0, 0.1) is 0 Å². The van der Waals surface area contributed by atoms with Gasteiger partial charge in [0.25, 0.3) is 0 Å². The predicted octanol–water partition coefficient (Wildman–Crippen LogP) is 1.72. The summed E-state index contributed by atoms with van der Waals surface area (Å²) in [6.45, 7) is 3.53. The lowest BCUT2D eigenvalue weighted by molar-refractivity contribution is 0.0561. The van der Waals surface area contributed by atoms with Crippen LogP contribution in [0.3, 0.4) is 0 Å². The summed E-state index contributed by atoms with van der Waals surface area (Å²) < 4.78 is 15.6. The van der Waals surface area contributed by atoms with Crippen LogP contribution < -0.4 is 5.32 Å². The van der Waals surface area contributed by atoms with Gasteiger partial charge in [-0.15, -0.1) is 0 Å². The van der Waals surface area contributed by atoms with Crippen molar-refractivity contribution in [3.63, 3.8) is 0 Å². The fraction of sp³-hybridized carbons (Fsp3) is 0.615. The lowest BCUT2D eigenvalue weighted by Gasteiger charge is -2.19. The van der Waals surface area contributed by atoms with Crippen molar-refractivity contribution in [3.05, 3.63) is 23.7 Å². The molecule has 1 N–H and O–H groups in total. The van der Waals surface area contributed by atoms with Gasteiger partial charge >= 0.3 is 5.97 Å². The van der Waals surface area contributed by atoms with E-state index in [0.717, 1.165) is 25.2 Å². The van der Waals surface area contributed by atoms with Gasteiger partial charge in [0.2, 0.25) is 5.76 Å². The Hall–Kier alpha value is -1.33. The highest BCUT2D eigenvalue weighted by Gasteiger charge is 2.22. The van der Waals surface area contributed by atoms with Gasteiger partial charge in [0, 0.05) is 12.6 Å². The molecule has 1 aromatic rings. The summed E-state index contributed by atoms with van der Waals surface area (Å²) in [5.41, 5.74) is 0. The van der Waals surface area contributed by atoms with Crippen LogP contribution in [0.25, 0.3) is 0 Å². The molecule has 0 aromatic carbocycles. The van der Waals surface area contributed by atoms with Crippen LogP contribution in [0.15, 0.2) is 16.5 Å². The van der Waals surface area contributed by atoms with E-state index in [1.807, 2.05) is 0 Å². The quantitative estimate of drug-likeness (QED) is 0.810. The zero-order valence-electron chi connectivity index (χ0n) is 10.8. The van der Waals surface area contributed by atoms with Crippen molar-refractivity contribution in [2.24, 2.45) is 0 Å². The molecule has 18 heavy (non-hydrogen) atoms. The van der Waals surface area contributed by atoms with Crippen LogP contribution in [0.5, 0.6) is 0 Å². The largest absolute Gasteiger partial charge is 0.463 e. The summed E-state index contributed by atoms with van der Waals surface area (Å²) in [7, 11) is 1.34. The van der Waals surface area contributed by atoms with Gasteiger partial charge in [-0.2, -0.15) is 0 Å². The van der Waals surface area contributed by atoms with Gasteiger partial charge in [-0.25, -0.2) is 4.79 Å². The number of esters is 1. The Kier molecular flexibility index (Phi) is 4.38. The second-order valence-electron chi connectivity index (χ2n) is 4.48. The van der Waals surface area contributed by atoms with Crippen molar-refractivity contribution in [2.45, 2.75) is 38.5 Å². The van der Waals surface area contributed by atoms with Gasteiger partial charge < -0.3 is 19.2 Å². The summed E-state index contributed by atoms with van der Waals surface area (Å²) in [5, 5.41) is 3.34. The minimum atomic E-state index is -0.451. The number of furan rings is 1. The second-order valence-corrected chi connectivity index (χ2v) is 4.48. The molecule has 0 bridgehead atoms. The first kappa shape index (κ1) is 13.1. The zero-order chi connectivity index (χ0) is 13.0. The Balaban J connectivity index is 1.82. The van der Waals surface area contributed by atoms with E-state index in [9.17, 15) is 4.79 Å². The number of hydrogen-bond acceptors (Lipinski definition) is 5. The molecule has 5 heteroatoms. The van der Waals surface area contributed by atoms with E-state index in [-0.39, 0.29) is 17.9 Å². The molecule has 1 saturated heterocycles. The summed E-state index contributed by atoms with van der Waals surface area (Å²) in [6.07, 6.45) is 2.50. The van der Waals surface area contributed by atoms with E-state index in [2.05, 4.69) is 17.0 Å². The van der Waals surface area contributed by atoms with Gasteiger partial charge in [0.05, 0.1) is 19.8 Å². The second kappa shape index (κ2) is 6.02. The number of rotatable bonds is 5. The highest BCUT2D eigenvalue weighted by atomic mass is 16.5. The molecule has 1 aliphatic rings. The van der Waals surface area contributed by atoms with Gasteiger partial charge in [0.1, 0.15) is 5.76 Å². The number of hydrogen-bond donors (Lipinski definition) is 1. The first-order valence-corrected chi connectivity index (χ1v) is 6.22. The lowest BCUT2D eigenvalue weighted by Crippen LogP contribution is -2.36. The average molecular weight is 253 g/mol. The van der Waals surface area contributed by atoms with Gasteiger partial charge in [-0.1, -0.05) is 0 Å². The van der Waals surface area contributed by atoms with E-state index in [0.29, 0.717) is 6.54 Å². The van der Waals surface area contributed by atoms with Crippen LogP contribution >= 0.6 is 0 Å². The van der Waals surface area contributed by atoms with Crippen molar-refractivity contribution in [1.29, 1.82) is 0 Å². The van der Waals surface area contributed by atoms with Crippen molar-refractivity contribution in [3.8, 4) is 0 Å². The molecule has 0 radical (unpaired) electrons. The molecule has 2 atom stereocenters. The summed E-state index contributed by atoms with van der Waals surface area (Å²) in [4.78, 5) is 11.2. The minimum absolute atomic E-state index is 0.235. The summed E-state index contributed by atoms with van der Waals surface area (Å²) in [5.74, 6) is 0.507. The predicted molar refractivity (Wildman–Crippen MR) is 65.3 cm³/mol. The van der Waals surface area contributed by atoms with Crippen LogP contribution in [-0.2, 0) is 16.0 Å². The van der Waals surface area contributed by atoms with E-state index in [1.165, 1.54) is 7.11 Å². The smallest absolute Gasteiger partial charge is 0.373 e. The topological polar surface area (TPSA) is 60.7 Å². The number of carbonyl (C=O) groups is 1. The van der Waals surface area contributed by atoms with Crippen LogP contribution in [0.4, 0.5) is 0 Å². The SMILES string of the molecule is COC(=O)c1ccc(CNC(C)C2CCCO2)o1. The molecule has 5 nitrogen and oxygen atoms in total. The first-order chi connectivity index (χ1) is 8.70. The molecule has 100 valence electrons.